The van der Waals surface area contributed by atoms with Gasteiger partial charge in [0, 0.05) is 11.1 Å². The van der Waals surface area contributed by atoms with Crippen LogP contribution in [0.2, 0.25) is 0 Å². The van der Waals surface area contributed by atoms with Crippen molar-refractivity contribution in [3.8, 4) is 5.75 Å². The summed E-state index contributed by atoms with van der Waals surface area (Å²) in [7, 11) is 0. The van der Waals surface area contributed by atoms with Crippen molar-refractivity contribution in [1.82, 2.24) is 0 Å². The zero-order chi connectivity index (χ0) is 15.9. The number of benzene rings is 1. The van der Waals surface area contributed by atoms with E-state index in [0.717, 1.165) is 5.75 Å². The highest BCUT2D eigenvalue weighted by Gasteiger charge is 2.27. The molecule has 0 fully saturated rings. The van der Waals surface area contributed by atoms with E-state index in [-0.39, 0.29) is 12.0 Å². The standard InChI is InChI=1S/C15H24N2O4/c1-15(2,3)13(21-14(17)18)10-19-8-9-20-12-6-4-11(16)5-7-12/h4-7,13H,8-10,16H2,1-3H3,(H2,17,18). The molecule has 0 saturated carbocycles. The van der Waals surface area contributed by atoms with Crippen LogP contribution in [-0.4, -0.2) is 32.0 Å². The molecule has 1 unspecified atom stereocenters. The number of amides is 1. The molecule has 1 aromatic carbocycles. The van der Waals surface area contributed by atoms with E-state index < -0.39 is 12.2 Å². The lowest BCUT2D eigenvalue weighted by molar-refractivity contribution is -0.0334. The molecule has 0 bridgehead atoms. The number of rotatable bonds is 7. The average molecular weight is 296 g/mol. The molecule has 6 nitrogen and oxygen atoms in total. The molecule has 0 aromatic heterocycles. The van der Waals surface area contributed by atoms with Crippen molar-refractivity contribution in [3.05, 3.63) is 24.3 Å². The van der Waals surface area contributed by atoms with Crippen LogP contribution in [0.4, 0.5) is 10.5 Å². The van der Waals surface area contributed by atoms with Gasteiger partial charge in [-0.25, -0.2) is 4.79 Å². The smallest absolute Gasteiger partial charge is 0.404 e. The molecule has 0 aliphatic heterocycles. The summed E-state index contributed by atoms with van der Waals surface area (Å²) < 4.78 is 16.0. The van der Waals surface area contributed by atoms with E-state index >= 15 is 0 Å². The van der Waals surface area contributed by atoms with Gasteiger partial charge in [-0.3, -0.25) is 0 Å². The molecule has 0 aliphatic carbocycles. The van der Waals surface area contributed by atoms with Crippen molar-refractivity contribution in [2.24, 2.45) is 11.1 Å². The molecule has 1 aromatic rings. The molecule has 1 amide bonds. The van der Waals surface area contributed by atoms with Crippen molar-refractivity contribution >= 4 is 11.8 Å². The molecule has 4 N–H and O–H groups in total. The Kier molecular flexibility index (Phi) is 6.30. The fourth-order valence-electron chi connectivity index (χ4n) is 1.57. The maximum atomic E-state index is 10.9. The maximum absolute atomic E-state index is 10.9. The zero-order valence-electron chi connectivity index (χ0n) is 12.8. The predicted molar refractivity (Wildman–Crippen MR) is 81.1 cm³/mol. The summed E-state index contributed by atoms with van der Waals surface area (Å²) in [6.45, 7) is 6.92. The van der Waals surface area contributed by atoms with Gasteiger partial charge in [-0.1, -0.05) is 20.8 Å². The molecule has 0 spiro atoms. The second-order valence-electron chi connectivity index (χ2n) is 5.78. The molecule has 21 heavy (non-hydrogen) atoms. The van der Waals surface area contributed by atoms with Crippen LogP contribution in [0.15, 0.2) is 24.3 Å². The van der Waals surface area contributed by atoms with Gasteiger partial charge in [-0.15, -0.1) is 0 Å². The minimum absolute atomic E-state index is 0.243. The molecule has 1 atom stereocenters. The van der Waals surface area contributed by atoms with Crippen LogP contribution in [0.25, 0.3) is 0 Å². The SMILES string of the molecule is CC(C)(C)C(COCCOc1ccc(N)cc1)OC(N)=O. The van der Waals surface area contributed by atoms with Crippen LogP contribution in [0.5, 0.6) is 5.75 Å². The van der Waals surface area contributed by atoms with E-state index in [9.17, 15) is 4.79 Å². The van der Waals surface area contributed by atoms with Crippen LogP contribution in [0.3, 0.4) is 0 Å². The summed E-state index contributed by atoms with van der Waals surface area (Å²) in [4.78, 5) is 10.9. The minimum Gasteiger partial charge on any atom is -0.491 e. The van der Waals surface area contributed by atoms with Crippen molar-refractivity contribution in [2.45, 2.75) is 26.9 Å². The van der Waals surface area contributed by atoms with E-state index in [2.05, 4.69) is 0 Å². The molecule has 6 heteroatoms. The quantitative estimate of drug-likeness (QED) is 0.593. The number of anilines is 1. The molecule has 118 valence electrons. The summed E-state index contributed by atoms with van der Waals surface area (Å²) in [6, 6.07) is 7.13. The Morgan fingerprint density at radius 2 is 1.81 bits per heavy atom. The lowest BCUT2D eigenvalue weighted by Gasteiger charge is -2.29. The molecular formula is C15H24N2O4. The fraction of sp³-hybridized carbons (Fsp3) is 0.533. The predicted octanol–water partition coefficient (Wildman–Crippen LogP) is 2.17. The highest BCUT2D eigenvalue weighted by molar-refractivity contribution is 5.64. The summed E-state index contributed by atoms with van der Waals surface area (Å²) in [5, 5.41) is 0. The minimum atomic E-state index is -0.795. The van der Waals surface area contributed by atoms with Crippen LogP contribution in [0.1, 0.15) is 20.8 Å². The van der Waals surface area contributed by atoms with E-state index in [1.807, 2.05) is 20.8 Å². The summed E-state index contributed by atoms with van der Waals surface area (Å²) in [5.74, 6) is 0.730. The number of carbonyl (C=O) groups is 1. The number of hydrogen-bond donors (Lipinski definition) is 2. The normalized spacial score (nSPS) is 12.7. The second kappa shape index (κ2) is 7.73. The molecule has 0 saturated heterocycles. The molecular weight excluding hydrogens is 272 g/mol. The Labute approximate surface area is 125 Å². The lowest BCUT2D eigenvalue weighted by Crippen LogP contribution is -2.37. The summed E-state index contributed by atoms with van der Waals surface area (Å²) in [6.07, 6.45) is -1.19. The third-order valence-electron chi connectivity index (χ3n) is 2.87. The highest BCUT2D eigenvalue weighted by Crippen LogP contribution is 2.22. The first-order valence-electron chi connectivity index (χ1n) is 6.81. The third kappa shape index (κ3) is 6.85. The first-order valence-corrected chi connectivity index (χ1v) is 6.81. The van der Waals surface area contributed by atoms with Crippen molar-refractivity contribution < 1.29 is 19.0 Å². The number of nitrogens with two attached hydrogens (primary N) is 2. The van der Waals surface area contributed by atoms with E-state index in [0.29, 0.717) is 18.9 Å². The number of nitrogen functional groups attached to an aromatic ring is 1. The van der Waals surface area contributed by atoms with Gasteiger partial charge in [-0.2, -0.15) is 0 Å². The first kappa shape index (κ1) is 17.1. The van der Waals surface area contributed by atoms with Gasteiger partial charge in [-0.05, 0) is 24.3 Å². The Bertz CT molecular complexity index is 440. The number of carbonyl (C=O) groups excluding carboxylic acids is 1. The molecule has 0 aliphatic rings. The van der Waals surface area contributed by atoms with E-state index in [4.69, 9.17) is 25.7 Å². The number of ether oxygens (including phenoxy) is 3. The van der Waals surface area contributed by atoms with Crippen molar-refractivity contribution in [2.75, 3.05) is 25.6 Å². The van der Waals surface area contributed by atoms with Gasteiger partial charge in [0.1, 0.15) is 18.5 Å². The Balaban J connectivity index is 2.28. The van der Waals surface area contributed by atoms with Crippen LogP contribution >= 0.6 is 0 Å². The Morgan fingerprint density at radius 3 is 2.33 bits per heavy atom. The first-order chi connectivity index (χ1) is 9.79. The molecule has 0 heterocycles. The maximum Gasteiger partial charge on any atom is 0.404 e. The van der Waals surface area contributed by atoms with Gasteiger partial charge in [0.25, 0.3) is 0 Å². The second-order valence-corrected chi connectivity index (χ2v) is 5.78. The Morgan fingerprint density at radius 1 is 1.19 bits per heavy atom. The van der Waals surface area contributed by atoms with Crippen LogP contribution < -0.4 is 16.2 Å². The van der Waals surface area contributed by atoms with E-state index in [1.165, 1.54) is 0 Å². The number of primary amides is 1. The van der Waals surface area contributed by atoms with Crippen molar-refractivity contribution in [1.29, 1.82) is 0 Å². The van der Waals surface area contributed by atoms with Gasteiger partial charge in [0.15, 0.2) is 0 Å². The molecule has 0 radical (unpaired) electrons. The molecule has 1 rings (SSSR count). The topological polar surface area (TPSA) is 96.8 Å². The highest BCUT2D eigenvalue weighted by atomic mass is 16.6. The van der Waals surface area contributed by atoms with Crippen LogP contribution in [0, 0.1) is 5.41 Å². The fourth-order valence-corrected chi connectivity index (χ4v) is 1.57. The van der Waals surface area contributed by atoms with Gasteiger partial charge >= 0.3 is 6.09 Å². The van der Waals surface area contributed by atoms with E-state index in [1.54, 1.807) is 24.3 Å². The number of hydrogen-bond acceptors (Lipinski definition) is 5. The van der Waals surface area contributed by atoms with Gasteiger partial charge < -0.3 is 25.7 Å². The van der Waals surface area contributed by atoms with Gasteiger partial charge in [0.2, 0.25) is 0 Å². The summed E-state index contributed by atoms with van der Waals surface area (Å²) >= 11 is 0. The monoisotopic (exact) mass is 296 g/mol. The largest absolute Gasteiger partial charge is 0.491 e. The van der Waals surface area contributed by atoms with Crippen LogP contribution in [-0.2, 0) is 9.47 Å². The summed E-state index contributed by atoms with van der Waals surface area (Å²) in [5.41, 5.74) is 11.1. The average Bonchev–Trinajstić information content (AvgIpc) is 2.37. The Hall–Kier alpha value is -1.95. The van der Waals surface area contributed by atoms with Gasteiger partial charge in [0.05, 0.1) is 13.2 Å². The van der Waals surface area contributed by atoms with Crippen molar-refractivity contribution in [3.63, 3.8) is 0 Å². The lowest BCUT2D eigenvalue weighted by atomic mass is 9.89. The third-order valence-corrected chi connectivity index (χ3v) is 2.87. The zero-order valence-corrected chi connectivity index (χ0v) is 12.8.